The number of aromatic nitrogens is 2. The van der Waals surface area contributed by atoms with Gasteiger partial charge in [0.05, 0.1) is 13.3 Å². The highest BCUT2D eigenvalue weighted by molar-refractivity contribution is 5.92. The smallest absolute Gasteiger partial charge is 0.293 e. The van der Waals surface area contributed by atoms with E-state index in [1.165, 1.54) is 12.1 Å². The van der Waals surface area contributed by atoms with E-state index in [4.69, 9.17) is 13.7 Å². The first-order valence-electron chi connectivity index (χ1n) is 10.7. The number of amides is 1. The first kappa shape index (κ1) is 20.9. The van der Waals surface area contributed by atoms with Gasteiger partial charge in [0, 0.05) is 24.6 Å². The summed E-state index contributed by atoms with van der Waals surface area (Å²) in [5, 5.41) is 4.06. The van der Waals surface area contributed by atoms with E-state index in [1.807, 2.05) is 30.3 Å². The third-order valence-corrected chi connectivity index (χ3v) is 5.74. The molecule has 0 bridgehead atoms. The molecule has 1 aliphatic heterocycles. The molecule has 33 heavy (non-hydrogen) atoms. The van der Waals surface area contributed by atoms with E-state index >= 15 is 0 Å². The van der Waals surface area contributed by atoms with Crippen molar-refractivity contribution in [2.24, 2.45) is 0 Å². The molecule has 168 valence electrons. The van der Waals surface area contributed by atoms with E-state index in [2.05, 4.69) is 10.1 Å². The lowest BCUT2D eigenvalue weighted by molar-refractivity contribution is 0.0672. The van der Waals surface area contributed by atoms with Crippen LogP contribution < -0.4 is 4.74 Å². The number of carbonyl (C=O) groups excluding carboxylic acids is 1. The molecule has 1 amide bonds. The van der Waals surface area contributed by atoms with E-state index in [-0.39, 0.29) is 23.5 Å². The lowest BCUT2D eigenvalue weighted by Crippen LogP contribution is -2.30. The minimum Gasteiger partial charge on any atom is -0.497 e. The average Bonchev–Trinajstić information content (AvgIpc) is 3.59. The zero-order valence-corrected chi connectivity index (χ0v) is 18.0. The van der Waals surface area contributed by atoms with Crippen LogP contribution >= 0.6 is 0 Å². The minimum absolute atomic E-state index is 0.166. The number of methoxy groups -OCH3 is 1. The Morgan fingerprint density at radius 3 is 2.85 bits per heavy atom. The fraction of sp³-hybridized carbons (Fsp3) is 0.240. The number of ether oxygens (including phenoxy) is 1. The van der Waals surface area contributed by atoms with Crippen LogP contribution in [-0.4, -0.2) is 34.6 Å². The number of likely N-dealkylation sites (tertiary alicyclic amines) is 1. The van der Waals surface area contributed by atoms with Crippen molar-refractivity contribution in [3.05, 3.63) is 89.6 Å². The lowest BCUT2D eigenvalue weighted by Gasteiger charge is -2.20. The lowest BCUT2D eigenvalue weighted by atomic mass is 10.1. The molecule has 2 aromatic heterocycles. The number of rotatable bonds is 6. The highest BCUT2D eigenvalue weighted by Crippen LogP contribution is 2.34. The summed E-state index contributed by atoms with van der Waals surface area (Å²) in [6, 6.07) is 15.1. The predicted octanol–water partition coefficient (Wildman–Crippen LogP) is 5.05. The van der Waals surface area contributed by atoms with Crippen LogP contribution in [0.1, 0.15) is 46.7 Å². The minimum atomic E-state index is -0.291. The van der Waals surface area contributed by atoms with Gasteiger partial charge in [-0.1, -0.05) is 17.3 Å². The van der Waals surface area contributed by atoms with Gasteiger partial charge < -0.3 is 18.6 Å². The molecule has 0 aliphatic carbocycles. The van der Waals surface area contributed by atoms with Crippen LogP contribution in [0, 0.1) is 5.82 Å². The summed E-state index contributed by atoms with van der Waals surface area (Å²) in [6.45, 7) is 0.573. The summed E-state index contributed by atoms with van der Waals surface area (Å²) in [7, 11) is 1.60. The standard InChI is InChI=1S/C25H22FN3O4/c1-31-19-9-7-17(8-10-19)21-14-23(33-28-21)25(30)29-11-3-6-22(29)24-27-15-20(32-24)13-16-4-2-5-18(26)12-16/h2,4-5,7-10,12,14-15,22H,3,6,11,13H2,1H3/t22-/m0/s1. The molecule has 5 rings (SSSR count). The predicted molar refractivity (Wildman–Crippen MR) is 117 cm³/mol. The van der Waals surface area contributed by atoms with Crippen LogP contribution in [0.2, 0.25) is 0 Å². The topological polar surface area (TPSA) is 81.6 Å². The van der Waals surface area contributed by atoms with Gasteiger partial charge in [-0.15, -0.1) is 0 Å². The molecule has 1 atom stereocenters. The van der Waals surface area contributed by atoms with Crippen LogP contribution in [0.15, 0.2) is 69.7 Å². The molecule has 0 radical (unpaired) electrons. The van der Waals surface area contributed by atoms with Crippen molar-refractivity contribution in [2.75, 3.05) is 13.7 Å². The molecule has 1 aliphatic rings. The third-order valence-electron chi connectivity index (χ3n) is 5.74. The quantitative estimate of drug-likeness (QED) is 0.412. The summed E-state index contributed by atoms with van der Waals surface area (Å²) < 4.78 is 29.9. The summed E-state index contributed by atoms with van der Waals surface area (Å²) in [5.41, 5.74) is 2.20. The van der Waals surface area contributed by atoms with E-state index in [1.54, 1.807) is 30.3 Å². The summed E-state index contributed by atoms with van der Waals surface area (Å²) in [6.07, 6.45) is 3.64. The summed E-state index contributed by atoms with van der Waals surface area (Å²) in [5.74, 6) is 1.45. The van der Waals surface area contributed by atoms with Crippen LogP contribution in [0.4, 0.5) is 4.39 Å². The Kier molecular flexibility index (Phi) is 5.64. The third kappa shape index (κ3) is 4.37. The van der Waals surface area contributed by atoms with Gasteiger partial charge in [0.25, 0.3) is 5.91 Å². The Morgan fingerprint density at radius 2 is 2.06 bits per heavy atom. The Hall–Kier alpha value is -3.94. The number of hydrogen-bond donors (Lipinski definition) is 0. The molecule has 0 N–H and O–H groups in total. The maximum atomic E-state index is 13.5. The van der Waals surface area contributed by atoms with Crippen LogP contribution in [0.5, 0.6) is 5.75 Å². The van der Waals surface area contributed by atoms with Crippen LogP contribution in [0.25, 0.3) is 11.3 Å². The molecule has 3 heterocycles. The van der Waals surface area contributed by atoms with E-state index in [0.29, 0.717) is 30.3 Å². The second kappa shape index (κ2) is 8.90. The second-order valence-electron chi connectivity index (χ2n) is 7.93. The maximum absolute atomic E-state index is 13.5. The van der Waals surface area contributed by atoms with Gasteiger partial charge in [-0.05, 0) is 54.8 Å². The van der Waals surface area contributed by atoms with Gasteiger partial charge in [0.2, 0.25) is 11.7 Å². The van der Waals surface area contributed by atoms with Crippen molar-refractivity contribution < 1.29 is 22.9 Å². The summed E-state index contributed by atoms with van der Waals surface area (Å²) >= 11 is 0. The summed E-state index contributed by atoms with van der Waals surface area (Å²) in [4.78, 5) is 19.3. The number of hydrogen-bond acceptors (Lipinski definition) is 6. The molecular formula is C25H22FN3O4. The van der Waals surface area contributed by atoms with Crippen molar-refractivity contribution in [2.45, 2.75) is 25.3 Å². The van der Waals surface area contributed by atoms with E-state index in [0.717, 1.165) is 29.7 Å². The van der Waals surface area contributed by atoms with Gasteiger partial charge in [-0.3, -0.25) is 4.79 Å². The van der Waals surface area contributed by atoms with Gasteiger partial charge in [0.1, 0.15) is 29.1 Å². The zero-order valence-electron chi connectivity index (χ0n) is 18.0. The number of nitrogens with zero attached hydrogens (tertiary/aromatic N) is 3. The van der Waals surface area contributed by atoms with Gasteiger partial charge in [-0.25, -0.2) is 9.37 Å². The number of halogens is 1. The Labute approximate surface area is 189 Å². The molecule has 4 aromatic rings. The van der Waals surface area contributed by atoms with E-state index in [9.17, 15) is 9.18 Å². The number of benzene rings is 2. The largest absolute Gasteiger partial charge is 0.497 e. The Balaban J connectivity index is 1.31. The van der Waals surface area contributed by atoms with Gasteiger partial charge in [-0.2, -0.15) is 0 Å². The van der Waals surface area contributed by atoms with E-state index < -0.39 is 0 Å². The molecule has 1 fully saturated rings. The zero-order chi connectivity index (χ0) is 22.8. The van der Waals surface area contributed by atoms with Crippen LogP contribution in [0.3, 0.4) is 0 Å². The Morgan fingerprint density at radius 1 is 1.21 bits per heavy atom. The van der Waals surface area contributed by atoms with Crippen molar-refractivity contribution in [3.63, 3.8) is 0 Å². The molecule has 8 heteroatoms. The Bertz CT molecular complexity index is 1260. The molecule has 0 unspecified atom stereocenters. The fourth-order valence-corrected chi connectivity index (χ4v) is 4.09. The van der Waals surface area contributed by atoms with Crippen molar-refractivity contribution in [1.29, 1.82) is 0 Å². The molecule has 7 nitrogen and oxygen atoms in total. The normalized spacial score (nSPS) is 15.7. The van der Waals surface area contributed by atoms with Gasteiger partial charge in [0.15, 0.2) is 0 Å². The number of carbonyl (C=O) groups is 1. The molecular weight excluding hydrogens is 425 g/mol. The van der Waals surface area contributed by atoms with Crippen molar-refractivity contribution in [1.82, 2.24) is 15.0 Å². The van der Waals surface area contributed by atoms with Crippen LogP contribution in [-0.2, 0) is 6.42 Å². The number of oxazole rings is 1. The van der Waals surface area contributed by atoms with Crippen molar-refractivity contribution >= 4 is 5.91 Å². The highest BCUT2D eigenvalue weighted by atomic mass is 19.1. The SMILES string of the molecule is COc1ccc(-c2cc(C(=O)N3CCC[C@H]3c3ncc(Cc4cccc(F)c4)o3)on2)cc1. The van der Waals surface area contributed by atoms with Gasteiger partial charge >= 0.3 is 0 Å². The fourth-order valence-electron chi connectivity index (χ4n) is 4.09. The molecule has 2 aromatic carbocycles. The highest BCUT2D eigenvalue weighted by Gasteiger charge is 2.35. The second-order valence-corrected chi connectivity index (χ2v) is 7.93. The first-order chi connectivity index (χ1) is 16.1. The monoisotopic (exact) mass is 447 g/mol. The maximum Gasteiger partial charge on any atom is 0.293 e. The van der Waals surface area contributed by atoms with Crippen molar-refractivity contribution in [3.8, 4) is 17.0 Å². The molecule has 0 saturated carbocycles. The molecule has 1 saturated heterocycles. The first-order valence-corrected chi connectivity index (χ1v) is 10.7. The molecule has 0 spiro atoms. The average molecular weight is 447 g/mol.